The molecule has 10 heteroatoms. The predicted octanol–water partition coefficient (Wildman–Crippen LogP) is 8.07. The molecule has 6 rings (SSSR count). The number of halogens is 3. The summed E-state index contributed by atoms with van der Waals surface area (Å²) in [5.41, 5.74) is 1.67. The fraction of sp³-hybridized carbons (Fsp3) is 0.207. The highest BCUT2D eigenvalue weighted by Gasteiger charge is 2.36. The number of nitrogens with zero attached hydrogens (tertiary/aromatic N) is 1. The number of fused-ring (bicyclic) bond motifs is 2. The van der Waals surface area contributed by atoms with E-state index in [1.54, 1.807) is 24.7 Å². The Balaban J connectivity index is 0.00000151. The van der Waals surface area contributed by atoms with E-state index >= 15 is 0 Å². The van der Waals surface area contributed by atoms with Gasteiger partial charge in [-0.2, -0.15) is 4.39 Å². The molecule has 1 unspecified atom stereocenters. The fourth-order valence-corrected chi connectivity index (χ4v) is 5.61. The minimum atomic E-state index is -1.11. The fourth-order valence-electron chi connectivity index (χ4n) is 4.90. The van der Waals surface area contributed by atoms with Crippen molar-refractivity contribution in [2.45, 2.75) is 23.7 Å². The Kier molecular flexibility index (Phi) is 7.65. The third kappa shape index (κ3) is 4.68. The molecule has 0 spiro atoms. The molecule has 0 bridgehead atoms. The summed E-state index contributed by atoms with van der Waals surface area (Å²) in [4.78, 5) is 10.9. The number of para-hydroxylation sites is 1. The van der Waals surface area contributed by atoms with Crippen molar-refractivity contribution in [3.8, 4) is 28.6 Å². The lowest BCUT2D eigenvalue weighted by atomic mass is 9.75. The van der Waals surface area contributed by atoms with Crippen LogP contribution in [0.4, 0.5) is 13.2 Å². The van der Waals surface area contributed by atoms with E-state index in [1.165, 1.54) is 30.0 Å². The van der Waals surface area contributed by atoms with Gasteiger partial charge in [0.05, 0.1) is 22.6 Å². The van der Waals surface area contributed by atoms with E-state index < -0.39 is 22.9 Å². The Labute approximate surface area is 230 Å². The van der Waals surface area contributed by atoms with Gasteiger partial charge in [0.1, 0.15) is 23.1 Å². The Morgan fingerprint density at radius 2 is 1.87 bits per heavy atom. The highest BCUT2D eigenvalue weighted by atomic mass is 32.2. The molecule has 3 heterocycles. The minimum Gasteiger partial charge on any atom is -0.493 e. The van der Waals surface area contributed by atoms with Crippen molar-refractivity contribution in [3.63, 3.8) is 0 Å². The van der Waals surface area contributed by atoms with Crippen LogP contribution in [0.15, 0.2) is 65.8 Å². The first kappa shape index (κ1) is 27.2. The van der Waals surface area contributed by atoms with Crippen molar-refractivity contribution >= 4 is 31.9 Å². The summed E-state index contributed by atoms with van der Waals surface area (Å²) in [5.74, 6) is -1.65. The summed E-state index contributed by atoms with van der Waals surface area (Å²) < 4.78 is 56.2. The Morgan fingerprint density at radius 1 is 1.08 bits per heavy atom. The van der Waals surface area contributed by atoms with Crippen LogP contribution in [-0.2, 0) is 5.41 Å². The first-order valence-corrected chi connectivity index (χ1v) is 14.6. The van der Waals surface area contributed by atoms with Crippen LogP contribution in [-0.4, -0.2) is 34.5 Å². The van der Waals surface area contributed by atoms with Crippen LogP contribution < -0.4 is 9.47 Å². The molecule has 202 valence electrons. The molecule has 5 nitrogen and oxygen atoms in total. The lowest BCUT2D eigenvalue weighted by molar-refractivity contribution is 0.241. The van der Waals surface area contributed by atoms with Gasteiger partial charge in [0.25, 0.3) is 0 Å². The van der Waals surface area contributed by atoms with Crippen molar-refractivity contribution in [1.82, 2.24) is 15.0 Å². The van der Waals surface area contributed by atoms with Crippen LogP contribution in [0.3, 0.4) is 0 Å². The molecule has 0 saturated heterocycles. The highest BCUT2D eigenvalue weighted by molar-refractivity contribution is 7.99. The van der Waals surface area contributed by atoms with Crippen LogP contribution in [0.2, 0.25) is 0 Å². The normalized spacial score (nSPS) is 16.3. The van der Waals surface area contributed by atoms with Gasteiger partial charge in [-0.15, -0.1) is 21.0 Å². The molecular weight excluding hydrogens is 542 g/mol. The van der Waals surface area contributed by atoms with Gasteiger partial charge >= 0.3 is 0 Å². The molecule has 39 heavy (non-hydrogen) atoms. The van der Waals surface area contributed by atoms with Crippen molar-refractivity contribution in [2.75, 3.05) is 19.5 Å². The second-order valence-corrected chi connectivity index (χ2v) is 9.89. The number of H-pyrrole nitrogens is 2. The molecule has 1 aliphatic heterocycles. The molecule has 2 atom stereocenters. The second kappa shape index (κ2) is 11.0. The number of hydrogen-bond acceptors (Lipinski definition) is 4. The van der Waals surface area contributed by atoms with Crippen LogP contribution in [0.1, 0.15) is 24.6 Å². The first-order valence-electron chi connectivity index (χ1n) is 12.3. The number of aromatic nitrogens is 3. The summed E-state index contributed by atoms with van der Waals surface area (Å²) in [6.07, 6.45) is 5.71. The van der Waals surface area contributed by atoms with Crippen molar-refractivity contribution in [3.05, 3.63) is 89.6 Å². The number of benzene rings is 3. The molecule has 5 aromatic rings. The molecule has 3 aromatic carbocycles. The van der Waals surface area contributed by atoms with Gasteiger partial charge in [-0.1, -0.05) is 24.9 Å². The van der Waals surface area contributed by atoms with Crippen LogP contribution in [0.5, 0.6) is 17.2 Å². The number of imidazole rings is 1. The zero-order valence-electron chi connectivity index (χ0n) is 21.6. The summed E-state index contributed by atoms with van der Waals surface area (Å²) in [5, 5.41) is 0.504. The van der Waals surface area contributed by atoms with Gasteiger partial charge < -0.3 is 19.4 Å². The predicted molar refractivity (Wildman–Crippen MR) is 153 cm³/mol. The Hall–Kier alpha value is -3.42. The minimum absolute atomic E-state index is 0.0697. The summed E-state index contributed by atoms with van der Waals surface area (Å²) in [7, 11) is 2.42. The molecule has 2 aromatic heterocycles. The monoisotopic (exact) mass is 569 g/mol. The number of hydrogen-bond donors (Lipinski definition) is 2. The van der Waals surface area contributed by atoms with Gasteiger partial charge in [0.2, 0.25) is 5.82 Å². The number of thioether (sulfide) groups is 1. The van der Waals surface area contributed by atoms with E-state index in [9.17, 15) is 13.2 Å². The largest absolute Gasteiger partial charge is 0.493 e. The Bertz CT molecular complexity index is 1650. The number of aromatic amines is 2. The number of nitrogens with one attached hydrogen (secondary N) is 2. The SMILES string of the molecule is CP.CSc1c(Oc2ccc(F)c(-c3ncc([C@@]4(C)CCOc5ccccc54)[nH]3)c2)c(F)c(F)c2[nH]ccc12. The maximum absolute atomic E-state index is 15.0. The van der Waals surface area contributed by atoms with Crippen molar-refractivity contribution in [2.24, 2.45) is 0 Å². The van der Waals surface area contributed by atoms with E-state index in [-0.39, 0.29) is 22.6 Å². The smallest absolute Gasteiger partial charge is 0.204 e. The van der Waals surface area contributed by atoms with Gasteiger partial charge in [0, 0.05) is 34.5 Å². The lowest BCUT2D eigenvalue weighted by Gasteiger charge is -2.34. The van der Waals surface area contributed by atoms with Gasteiger partial charge in [0.15, 0.2) is 11.6 Å². The number of rotatable bonds is 5. The maximum atomic E-state index is 15.0. The molecule has 0 saturated carbocycles. The van der Waals surface area contributed by atoms with E-state index in [1.807, 2.05) is 30.9 Å². The van der Waals surface area contributed by atoms with Crippen LogP contribution in [0, 0.1) is 17.5 Å². The van der Waals surface area contributed by atoms with Crippen molar-refractivity contribution in [1.29, 1.82) is 0 Å². The summed E-state index contributed by atoms with van der Waals surface area (Å²) in [6, 6.07) is 13.5. The van der Waals surface area contributed by atoms with E-state index in [2.05, 4.69) is 31.1 Å². The maximum Gasteiger partial charge on any atom is 0.204 e. The average Bonchev–Trinajstić information content (AvgIpc) is 3.65. The third-order valence-electron chi connectivity index (χ3n) is 6.94. The highest BCUT2D eigenvalue weighted by Crippen LogP contribution is 2.44. The van der Waals surface area contributed by atoms with Crippen LogP contribution >= 0.6 is 21.0 Å². The lowest BCUT2D eigenvalue weighted by Crippen LogP contribution is -2.31. The molecule has 0 fully saturated rings. The quantitative estimate of drug-likeness (QED) is 0.166. The van der Waals surface area contributed by atoms with Crippen molar-refractivity contribution < 1.29 is 22.6 Å². The average molecular weight is 570 g/mol. The Morgan fingerprint density at radius 3 is 2.67 bits per heavy atom. The zero-order chi connectivity index (χ0) is 27.7. The molecule has 0 amide bonds. The second-order valence-electron chi connectivity index (χ2n) is 9.07. The van der Waals surface area contributed by atoms with E-state index in [0.717, 1.165) is 23.4 Å². The molecule has 2 N–H and O–H groups in total. The topological polar surface area (TPSA) is 62.9 Å². The first-order chi connectivity index (χ1) is 18.9. The zero-order valence-corrected chi connectivity index (χ0v) is 23.5. The third-order valence-corrected chi connectivity index (χ3v) is 7.75. The van der Waals surface area contributed by atoms with Gasteiger partial charge in [-0.25, -0.2) is 13.8 Å². The molecule has 0 radical (unpaired) electrons. The van der Waals surface area contributed by atoms with Gasteiger partial charge in [-0.3, -0.25) is 0 Å². The summed E-state index contributed by atoms with van der Waals surface area (Å²) in [6.45, 7) is 4.56. The van der Waals surface area contributed by atoms with E-state index in [0.29, 0.717) is 22.7 Å². The molecular formula is C29H27F3N3O2PS. The standard InChI is InChI=1S/C28H22F3N3O2S.CH5P/c1-28(10-12-35-20-6-4-3-5-18(20)28)21-14-33-27(34-21)17-13-15(7-8-19(17)29)36-25-23(31)22(30)24-16(9-11-32-24)26(25)37-2;1-2/h3-9,11,13-14,32H,10,12H2,1-2H3,(H,33,34);2H2,1H3/t28-;/m0./s1. The summed E-state index contributed by atoms with van der Waals surface area (Å²) >= 11 is 1.23. The van der Waals surface area contributed by atoms with Gasteiger partial charge in [-0.05, 0) is 49.9 Å². The van der Waals surface area contributed by atoms with Crippen LogP contribution in [0.25, 0.3) is 22.3 Å². The molecule has 1 aliphatic rings. The number of ether oxygens (including phenoxy) is 2. The molecule has 0 aliphatic carbocycles. The van der Waals surface area contributed by atoms with E-state index in [4.69, 9.17) is 9.47 Å².